The van der Waals surface area contributed by atoms with Crippen molar-refractivity contribution >= 4 is 22.5 Å². The molecule has 84 valence electrons. The molecule has 2 aromatic rings. The maximum Gasteiger partial charge on any atom is 0.166 e. The van der Waals surface area contributed by atoms with Crippen LogP contribution in [0.4, 0.5) is 4.39 Å². The molecule has 0 fully saturated rings. The maximum atomic E-state index is 14.0. The molecule has 0 saturated carbocycles. The first-order valence-corrected chi connectivity index (χ1v) is 5.73. The molecule has 2 heterocycles. The van der Waals surface area contributed by atoms with Gasteiger partial charge in [-0.3, -0.25) is 0 Å². The van der Waals surface area contributed by atoms with Gasteiger partial charge in [-0.05, 0) is 11.6 Å². The molecule has 16 heavy (non-hydrogen) atoms. The predicted octanol–water partition coefficient (Wildman–Crippen LogP) is 2.62. The molecule has 0 bridgehead atoms. The van der Waals surface area contributed by atoms with Gasteiger partial charge in [0.25, 0.3) is 0 Å². The Morgan fingerprint density at radius 1 is 1.44 bits per heavy atom. The number of hydrogen-bond donors (Lipinski definition) is 1. The number of aromatic nitrogens is 1. The van der Waals surface area contributed by atoms with Crippen LogP contribution in [0.25, 0.3) is 10.9 Å². The van der Waals surface area contributed by atoms with Gasteiger partial charge in [0.1, 0.15) is 0 Å². The summed E-state index contributed by atoms with van der Waals surface area (Å²) in [5.74, 6) is -0.309. The summed E-state index contributed by atoms with van der Waals surface area (Å²) in [4.78, 5) is 0. The average Bonchev–Trinajstić information content (AvgIpc) is 2.59. The van der Waals surface area contributed by atoms with Crippen LogP contribution in [0.2, 0.25) is 5.02 Å². The third kappa shape index (κ3) is 1.22. The number of fused-ring (bicyclic) bond motifs is 3. The highest BCUT2D eigenvalue weighted by atomic mass is 35.5. The summed E-state index contributed by atoms with van der Waals surface area (Å²) in [6, 6.07) is 3.54. The van der Waals surface area contributed by atoms with Gasteiger partial charge in [0, 0.05) is 37.6 Å². The van der Waals surface area contributed by atoms with E-state index in [-0.39, 0.29) is 10.8 Å². The zero-order chi connectivity index (χ0) is 11.3. The smallest absolute Gasteiger partial charge is 0.166 e. The molecule has 1 aromatic carbocycles. The monoisotopic (exact) mass is 238 g/mol. The van der Waals surface area contributed by atoms with E-state index < -0.39 is 0 Å². The van der Waals surface area contributed by atoms with Crippen molar-refractivity contribution in [2.45, 2.75) is 13.0 Å². The molecule has 3 rings (SSSR count). The van der Waals surface area contributed by atoms with Crippen LogP contribution in [0.1, 0.15) is 11.3 Å². The first-order valence-electron chi connectivity index (χ1n) is 5.35. The molecule has 1 aliphatic heterocycles. The fourth-order valence-electron chi connectivity index (χ4n) is 2.54. The van der Waals surface area contributed by atoms with E-state index >= 15 is 0 Å². The number of benzene rings is 1. The van der Waals surface area contributed by atoms with Gasteiger partial charge in [-0.25, -0.2) is 4.39 Å². The second-order valence-electron chi connectivity index (χ2n) is 4.17. The van der Waals surface area contributed by atoms with Crippen LogP contribution in [-0.2, 0) is 20.0 Å². The highest BCUT2D eigenvalue weighted by Gasteiger charge is 2.20. The SMILES string of the molecule is Cn1c2c(c3ccc(Cl)c(F)c31)CNCC2. The summed E-state index contributed by atoms with van der Waals surface area (Å²) in [6.45, 7) is 1.76. The van der Waals surface area contributed by atoms with Crippen molar-refractivity contribution in [1.29, 1.82) is 0 Å². The van der Waals surface area contributed by atoms with Crippen molar-refractivity contribution in [3.63, 3.8) is 0 Å². The molecule has 0 saturated heterocycles. The Bertz CT molecular complexity index is 574. The standard InChI is InChI=1S/C12H12ClFN2/c1-16-10-4-5-15-6-8(10)7-2-3-9(13)11(14)12(7)16/h2-3,15H,4-6H2,1H3. The van der Waals surface area contributed by atoms with Crippen molar-refractivity contribution in [3.8, 4) is 0 Å². The Morgan fingerprint density at radius 2 is 2.25 bits per heavy atom. The van der Waals surface area contributed by atoms with Crippen molar-refractivity contribution in [2.24, 2.45) is 7.05 Å². The summed E-state index contributed by atoms with van der Waals surface area (Å²) in [7, 11) is 1.91. The highest BCUT2D eigenvalue weighted by molar-refractivity contribution is 6.31. The van der Waals surface area contributed by atoms with E-state index in [4.69, 9.17) is 11.6 Å². The molecule has 0 amide bonds. The predicted molar refractivity (Wildman–Crippen MR) is 63.3 cm³/mol. The average molecular weight is 239 g/mol. The molecule has 0 radical (unpaired) electrons. The third-order valence-electron chi connectivity index (χ3n) is 3.32. The number of nitrogens with zero attached hydrogens (tertiary/aromatic N) is 1. The molecule has 0 spiro atoms. The molecule has 1 N–H and O–H groups in total. The number of aryl methyl sites for hydroxylation is 1. The van der Waals surface area contributed by atoms with Crippen molar-refractivity contribution in [3.05, 3.63) is 34.2 Å². The van der Waals surface area contributed by atoms with E-state index in [2.05, 4.69) is 5.32 Å². The molecule has 1 aliphatic rings. The van der Waals surface area contributed by atoms with Gasteiger partial charge in [0.2, 0.25) is 0 Å². The first-order chi connectivity index (χ1) is 7.70. The Labute approximate surface area is 98.0 Å². The molecule has 1 aromatic heterocycles. The lowest BCUT2D eigenvalue weighted by Gasteiger charge is -2.14. The van der Waals surface area contributed by atoms with Gasteiger partial charge < -0.3 is 9.88 Å². The summed E-state index contributed by atoms with van der Waals surface area (Å²) >= 11 is 5.82. The molecule has 2 nitrogen and oxygen atoms in total. The Balaban J connectivity index is 2.44. The fourth-order valence-corrected chi connectivity index (χ4v) is 2.69. The van der Waals surface area contributed by atoms with E-state index in [9.17, 15) is 4.39 Å². The van der Waals surface area contributed by atoms with Crippen LogP contribution in [0.15, 0.2) is 12.1 Å². The Hall–Kier alpha value is -1.06. The van der Waals surface area contributed by atoms with Crippen LogP contribution in [0.3, 0.4) is 0 Å². The normalized spacial score (nSPS) is 15.4. The zero-order valence-corrected chi connectivity index (χ0v) is 9.74. The molecule has 4 heteroatoms. The van der Waals surface area contributed by atoms with Crippen molar-refractivity contribution in [1.82, 2.24) is 9.88 Å². The van der Waals surface area contributed by atoms with Gasteiger partial charge in [-0.1, -0.05) is 17.7 Å². The van der Waals surface area contributed by atoms with Crippen LogP contribution >= 0.6 is 11.6 Å². The van der Waals surface area contributed by atoms with Crippen LogP contribution < -0.4 is 5.32 Å². The Morgan fingerprint density at radius 3 is 3.06 bits per heavy atom. The zero-order valence-electron chi connectivity index (χ0n) is 8.98. The number of halogens is 2. The van der Waals surface area contributed by atoms with Gasteiger partial charge >= 0.3 is 0 Å². The molecular weight excluding hydrogens is 227 g/mol. The Kier molecular flexibility index (Phi) is 2.19. The quantitative estimate of drug-likeness (QED) is 0.747. The minimum Gasteiger partial charge on any atom is -0.345 e. The second-order valence-corrected chi connectivity index (χ2v) is 4.58. The van der Waals surface area contributed by atoms with E-state index in [0.717, 1.165) is 24.9 Å². The minimum absolute atomic E-state index is 0.193. The molecule has 0 atom stereocenters. The molecule has 0 aliphatic carbocycles. The van der Waals surface area contributed by atoms with E-state index in [0.29, 0.717) is 5.52 Å². The van der Waals surface area contributed by atoms with E-state index in [1.54, 1.807) is 6.07 Å². The third-order valence-corrected chi connectivity index (χ3v) is 3.62. The lowest BCUT2D eigenvalue weighted by Crippen LogP contribution is -2.24. The maximum absolute atomic E-state index is 14.0. The first kappa shape index (κ1) is 10.1. The van der Waals surface area contributed by atoms with E-state index in [1.807, 2.05) is 17.7 Å². The summed E-state index contributed by atoms with van der Waals surface area (Å²) in [5, 5.41) is 4.48. The summed E-state index contributed by atoms with van der Waals surface area (Å²) < 4.78 is 15.9. The largest absolute Gasteiger partial charge is 0.345 e. The van der Waals surface area contributed by atoms with Gasteiger partial charge in [0.15, 0.2) is 5.82 Å². The number of hydrogen-bond acceptors (Lipinski definition) is 1. The lowest BCUT2D eigenvalue weighted by molar-refractivity contribution is 0.612. The van der Waals surface area contributed by atoms with Gasteiger partial charge in [0.05, 0.1) is 10.5 Å². The van der Waals surface area contributed by atoms with E-state index in [1.165, 1.54) is 11.3 Å². The summed E-state index contributed by atoms with van der Waals surface area (Å²) in [5.41, 5.74) is 3.05. The van der Waals surface area contributed by atoms with Gasteiger partial charge in [-0.2, -0.15) is 0 Å². The fraction of sp³-hybridized carbons (Fsp3) is 0.333. The van der Waals surface area contributed by atoms with Crippen molar-refractivity contribution < 1.29 is 4.39 Å². The van der Waals surface area contributed by atoms with Crippen molar-refractivity contribution in [2.75, 3.05) is 6.54 Å². The molecular formula is C12H12ClFN2. The van der Waals surface area contributed by atoms with Gasteiger partial charge in [-0.15, -0.1) is 0 Å². The van der Waals surface area contributed by atoms with Crippen LogP contribution in [0, 0.1) is 5.82 Å². The number of nitrogens with one attached hydrogen (secondary N) is 1. The number of rotatable bonds is 0. The van der Waals surface area contributed by atoms with Crippen LogP contribution in [-0.4, -0.2) is 11.1 Å². The highest BCUT2D eigenvalue weighted by Crippen LogP contribution is 2.32. The molecule has 0 unspecified atom stereocenters. The summed E-state index contributed by atoms with van der Waals surface area (Å²) in [6.07, 6.45) is 0.942. The minimum atomic E-state index is -0.309. The topological polar surface area (TPSA) is 17.0 Å². The van der Waals surface area contributed by atoms with Crippen LogP contribution in [0.5, 0.6) is 0 Å². The lowest BCUT2D eigenvalue weighted by atomic mass is 10.1. The second kappa shape index (κ2) is 3.47.